The highest BCUT2D eigenvalue weighted by Gasteiger charge is 2.36. The summed E-state index contributed by atoms with van der Waals surface area (Å²) in [6.07, 6.45) is 2.41. The summed E-state index contributed by atoms with van der Waals surface area (Å²) in [4.78, 5) is 25.1. The Hall–Kier alpha value is -2.60. The Bertz CT molecular complexity index is 752. The first-order valence-corrected chi connectivity index (χ1v) is 10.0. The predicted octanol–water partition coefficient (Wildman–Crippen LogP) is 3.05. The molecule has 2 aromatic rings. The van der Waals surface area contributed by atoms with E-state index in [0.717, 1.165) is 11.1 Å². The third kappa shape index (κ3) is 6.19. The molecule has 0 bridgehead atoms. The number of Topliss-reactive ketones (excluding diaryl/α,β-unsaturated/α-hetero) is 1. The van der Waals surface area contributed by atoms with Crippen molar-refractivity contribution < 1.29 is 18.4 Å². The van der Waals surface area contributed by atoms with Crippen molar-refractivity contribution in [2.75, 3.05) is 19.6 Å². The molecule has 2 atom stereocenters. The average molecular weight is 400 g/mol. The molecule has 2 aromatic carbocycles. The van der Waals surface area contributed by atoms with Crippen LogP contribution in [0.4, 0.5) is 8.78 Å². The van der Waals surface area contributed by atoms with Gasteiger partial charge in [-0.1, -0.05) is 24.3 Å². The van der Waals surface area contributed by atoms with Gasteiger partial charge in [0.1, 0.15) is 17.4 Å². The van der Waals surface area contributed by atoms with Crippen LogP contribution in [0, 0.1) is 23.5 Å². The van der Waals surface area contributed by atoms with E-state index in [1.807, 2.05) is 0 Å². The first-order chi connectivity index (χ1) is 14.0. The minimum Gasteiger partial charge on any atom is -0.355 e. The number of rotatable bonds is 9. The van der Waals surface area contributed by atoms with E-state index in [9.17, 15) is 18.4 Å². The molecular weight excluding hydrogens is 374 g/mol. The SMILES string of the molecule is O=C(CCCc1ccc(F)cc1)[C@H]1CNC[C@@H]1C(=O)NCCc1ccc(F)cc1. The molecule has 1 aliphatic rings. The van der Waals surface area contributed by atoms with Crippen molar-refractivity contribution in [1.82, 2.24) is 10.6 Å². The fraction of sp³-hybridized carbons (Fsp3) is 0.391. The molecule has 154 valence electrons. The van der Waals surface area contributed by atoms with E-state index >= 15 is 0 Å². The number of aryl methyl sites for hydroxylation is 1. The fourth-order valence-corrected chi connectivity index (χ4v) is 3.71. The summed E-state index contributed by atoms with van der Waals surface area (Å²) in [6, 6.07) is 12.5. The first kappa shape index (κ1) is 21.1. The van der Waals surface area contributed by atoms with Gasteiger partial charge in [-0.05, 0) is 54.7 Å². The summed E-state index contributed by atoms with van der Waals surface area (Å²) in [6.45, 7) is 1.47. The van der Waals surface area contributed by atoms with Gasteiger partial charge in [-0.2, -0.15) is 0 Å². The average Bonchev–Trinajstić information content (AvgIpc) is 3.21. The number of amides is 1. The van der Waals surface area contributed by atoms with E-state index in [0.29, 0.717) is 45.3 Å². The Morgan fingerprint density at radius 1 is 0.862 bits per heavy atom. The van der Waals surface area contributed by atoms with Crippen LogP contribution in [-0.2, 0) is 22.4 Å². The number of ketones is 1. The van der Waals surface area contributed by atoms with Crippen molar-refractivity contribution in [2.45, 2.75) is 25.7 Å². The lowest BCUT2D eigenvalue weighted by Gasteiger charge is -2.17. The molecular formula is C23H26F2N2O2. The van der Waals surface area contributed by atoms with Gasteiger partial charge in [-0.25, -0.2) is 8.78 Å². The molecule has 1 heterocycles. The van der Waals surface area contributed by atoms with E-state index in [4.69, 9.17) is 0 Å². The fourth-order valence-electron chi connectivity index (χ4n) is 3.71. The molecule has 0 aliphatic carbocycles. The van der Waals surface area contributed by atoms with E-state index in [-0.39, 0.29) is 35.2 Å². The summed E-state index contributed by atoms with van der Waals surface area (Å²) >= 11 is 0. The van der Waals surface area contributed by atoms with Crippen LogP contribution in [0.5, 0.6) is 0 Å². The van der Waals surface area contributed by atoms with Crippen LogP contribution >= 0.6 is 0 Å². The monoisotopic (exact) mass is 400 g/mol. The van der Waals surface area contributed by atoms with Gasteiger partial charge in [0.2, 0.25) is 5.91 Å². The number of carbonyl (C=O) groups excluding carboxylic acids is 2. The molecule has 0 saturated carbocycles. The molecule has 0 aromatic heterocycles. The molecule has 1 saturated heterocycles. The third-order valence-corrected chi connectivity index (χ3v) is 5.39. The van der Waals surface area contributed by atoms with Crippen LogP contribution in [0.15, 0.2) is 48.5 Å². The van der Waals surface area contributed by atoms with E-state index < -0.39 is 0 Å². The second-order valence-electron chi connectivity index (χ2n) is 7.49. The maximum absolute atomic E-state index is 12.9. The Morgan fingerprint density at radius 3 is 2.03 bits per heavy atom. The smallest absolute Gasteiger partial charge is 0.225 e. The zero-order valence-electron chi connectivity index (χ0n) is 16.3. The molecule has 0 radical (unpaired) electrons. The summed E-state index contributed by atoms with van der Waals surface area (Å²) in [5.41, 5.74) is 1.95. The number of hydrogen-bond donors (Lipinski definition) is 2. The predicted molar refractivity (Wildman–Crippen MR) is 107 cm³/mol. The molecule has 0 spiro atoms. The lowest BCUT2D eigenvalue weighted by Crippen LogP contribution is -2.38. The van der Waals surface area contributed by atoms with Crippen molar-refractivity contribution >= 4 is 11.7 Å². The van der Waals surface area contributed by atoms with Gasteiger partial charge in [0.15, 0.2) is 0 Å². The van der Waals surface area contributed by atoms with Gasteiger partial charge in [-0.15, -0.1) is 0 Å². The zero-order valence-corrected chi connectivity index (χ0v) is 16.3. The second-order valence-corrected chi connectivity index (χ2v) is 7.49. The molecule has 0 unspecified atom stereocenters. The van der Waals surface area contributed by atoms with E-state index in [1.54, 1.807) is 24.3 Å². The molecule has 29 heavy (non-hydrogen) atoms. The van der Waals surface area contributed by atoms with Gasteiger partial charge in [-0.3, -0.25) is 9.59 Å². The summed E-state index contributed by atoms with van der Waals surface area (Å²) < 4.78 is 25.9. The zero-order chi connectivity index (χ0) is 20.6. The summed E-state index contributed by atoms with van der Waals surface area (Å²) in [7, 11) is 0. The molecule has 1 fully saturated rings. The van der Waals surface area contributed by atoms with Crippen LogP contribution in [0.3, 0.4) is 0 Å². The van der Waals surface area contributed by atoms with Crippen LogP contribution < -0.4 is 10.6 Å². The molecule has 2 N–H and O–H groups in total. The van der Waals surface area contributed by atoms with Crippen molar-refractivity contribution in [3.63, 3.8) is 0 Å². The number of hydrogen-bond acceptors (Lipinski definition) is 3. The van der Waals surface area contributed by atoms with Crippen LogP contribution in [0.1, 0.15) is 24.0 Å². The minimum absolute atomic E-state index is 0.0933. The first-order valence-electron chi connectivity index (χ1n) is 10.0. The van der Waals surface area contributed by atoms with Gasteiger partial charge in [0, 0.05) is 32.0 Å². The Kier molecular flexibility index (Phi) is 7.47. The van der Waals surface area contributed by atoms with Crippen LogP contribution in [0.2, 0.25) is 0 Å². The minimum atomic E-state index is -0.360. The molecule has 4 nitrogen and oxygen atoms in total. The molecule has 3 rings (SSSR count). The van der Waals surface area contributed by atoms with Crippen molar-refractivity contribution in [1.29, 1.82) is 0 Å². The van der Waals surface area contributed by atoms with E-state index in [2.05, 4.69) is 10.6 Å². The number of halogens is 2. The maximum atomic E-state index is 12.9. The molecule has 1 amide bonds. The quantitative estimate of drug-likeness (QED) is 0.680. The maximum Gasteiger partial charge on any atom is 0.225 e. The Labute approximate surface area is 169 Å². The third-order valence-electron chi connectivity index (χ3n) is 5.39. The highest BCUT2D eigenvalue weighted by Crippen LogP contribution is 2.21. The van der Waals surface area contributed by atoms with Crippen LogP contribution in [0.25, 0.3) is 0 Å². The largest absolute Gasteiger partial charge is 0.355 e. The highest BCUT2D eigenvalue weighted by atomic mass is 19.1. The lowest BCUT2D eigenvalue weighted by atomic mass is 9.88. The second kappa shape index (κ2) is 10.3. The number of benzene rings is 2. The van der Waals surface area contributed by atoms with Gasteiger partial charge >= 0.3 is 0 Å². The Morgan fingerprint density at radius 2 is 1.41 bits per heavy atom. The standard InChI is InChI=1S/C23H26F2N2O2/c24-18-8-4-16(5-9-18)2-1-3-22(28)20-14-26-15-21(20)23(29)27-13-12-17-6-10-19(25)11-7-17/h4-11,20-21,26H,1-3,12-15H2,(H,27,29)/t20-,21-/m0/s1. The van der Waals surface area contributed by atoms with Gasteiger partial charge in [0.05, 0.1) is 5.92 Å². The van der Waals surface area contributed by atoms with Crippen molar-refractivity contribution in [3.8, 4) is 0 Å². The van der Waals surface area contributed by atoms with Gasteiger partial charge < -0.3 is 10.6 Å². The number of nitrogens with one attached hydrogen (secondary N) is 2. The van der Waals surface area contributed by atoms with Crippen molar-refractivity contribution in [3.05, 3.63) is 71.3 Å². The van der Waals surface area contributed by atoms with Crippen molar-refractivity contribution in [2.24, 2.45) is 11.8 Å². The normalized spacial score (nSPS) is 18.6. The van der Waals surface area contributed by atoms with Crippen LogP contribution in [-0.4, -0.2) is 31.3 Å². The lowest BCUT2D eigenvalue weighted by molar-refractivity contribution is -0.131. The van der Waals surface area contributed by atoms with Gasteiger partial charge in [0.25, 0.3) is 0 Å². The topological polar surface area (TPSA) is 58.2 Å². The summed E-state index contributed by atoms with van der Waals surface area (Å²) in [5, 5.41) is 6.05. The molecule has 6 heteroatoms. The summed E-state index contributed by atoms with van der Waals surface area (Å²) in [5.74, 6) is -1.24. The Balaban J connectivity index is 1.42. The highest BCUT2D eigenvalue weighted by molar-refractivity contribution is 5.89. The number of carbonyl (C=O) groups is 2. The molecule has 1 aliphatic heterocycles. The van der Waals surface area contributed by atoms with E-state index in [1.165, 1.54) is 24.3 Å².